The van der Waals surface area contributed by atoms with Crippen LogP contribution in [0, 0.1) is 12.8 Å². The molecule has 2 heterocycles. The van der Waals surface area contributed by atoms with Gasteiger partial charge in [-0.3, -0.25) is 9.59 Å². The van der Waals surface area contributed by atoms with E-state index in [-0.39, 0.29) is 0 Å². The van der Waals surface area contributed by atoms with Crippen molar-refractivity contribution in [3.63, 3.8) is 0 Å². The number of aromatic nitrogens is 1. The summed E-state index contributed by atoms with van der Waals surface area (Å²) in [5.74, 6) is -2.28. The minimum absolute atomic E-state index is 0.358. The average molecular weight is 468 g/mol. The fourth-order valence-corrected chi connectivity index (χ4v) is 6.01. The molecule has 10 heteroatoms. The lowest BCUT2D eigenvalue weighted by Gasteiger charge is -2.30. The van der Waals surface area contributed by atoms with E-state index in [1.165, 1.54) is 11.3 Å². The Bertz CT molecular complexity index is 1130. The summed E-state index contributed by atoms with van der Waals surface area (Å²) in [5, 5.41) is 0. The Balaban J connectivity index is 1.78. The number of sulfone groups is 1. The Morgan fingerprint density at radius 1 is 1.29 bits per heavy atom. The normalized spacial score (nSPS) is 18.0. The van der Waals surface area contributed by atoms with Gasteiger partial charge in [-0.05, 0) is 43.4 Å². The minimum Gasteiger partial charge on any atom is -0.383 e. The molecule has 1 atom stereocenters. The molecule has 3 rings (SSSR count). The molecule has 0 spiro atoms. The van der Waals surface area contributed by atoms with Crippen LogP contribution in [0.2, 0.25) is 0 Å². The summed E-state index contributed by atoms with van der Waals surface area (Å²) in [6.07, 6.45) is 1.90. The number of hydrogen-bond donors (Lipinski definition) is 0. The van der Waals surface area contributed by atoms with E-state index in [1.54, 1.807) is 12.0 Å². The average Bonchev–Trinajstić information content (AvgIpc) is 3.01. The fourth-order valence-electron chi connectivity index (χ4n) is 3.74. The molecule has 0 saturated carbocycles. The molecular formula is C21H29N3O5S2. The number of likely N-dealkylation sites (tertiary alicyclic amines) is 1. The highest BCUT2D eigenvalue weighted by Crippen LogP contribution is 2.19. The zero-order valence-electron chi connectivity index (χ0n) is 18.2. The maximum absolute atomic E-state index is 12.5. The molecule has 8 nitrogen and oxygen atoms in total. The molecule has 1 aliphatic rings. The van der Waals surface area contributed by atoms with Gasteiger partial charge in [-0.2, -0.15) is 4.99 Å². The lowest BCUT2D eigenvalue weighted by atomic mass is 10.0. The second kappa shape index (κ2) is 10.1. The van der Waals surface area contributed by atoms with Crippen molar-refractivity contribution in [2.24, 2.45) is 10.9 Å². The zero-order valence-corrected chi connectivity index (χ0v) is 19.8. The van der Waals surface area contributed by atoms with Crippen LogP contribution in [0.25, 0.3) is 10.2 Å². The molecule has 2 amide bonds. The number of ether oxygens (including phenoxy) is 1. The van der Waals surface area contributed by atoms with E-state index in [1.807, 2.05) is 36.6 Å². The summed E-state index contributed by atoms with van der Waals surface area (Å²) in [4.78, 5) is 31.0. The van der Waals surface area contributed by atoms with Crippen LogP contribution in [0.3, 0.4) is 0 Å². The molecule has 0 N–H and O–H groups in total. The number of methoxy groups -OCH3 is 1. The van der Waals surface area contributed by atoms with Crippen molar-refractivity contribution in [3.8, 4) is 0 Å². The number of hydrogen-bond acceptors (Lipinski definition) is 6. The van der Waals surface area contributed by atoms with Gasteiger partial charge in [0.1, 0.15) is 11.5 Å². The number of carbonyl (C=O) groups excluding carboxylic acids is 2. The maximum Gasteiger partial charge on any atom is 0.263 e. The second-order valence-electron chi connectivity index (χ2n) is 8.13. The lowest BCUT2D eigenvalue weighted by molar-refractivity contribution is -0.130. The SMILES string of the molecule is COCCn1c(=NC(=O)CS(=O)(=O)CC(=O)N2CCCC(C)C2)sc2cc(C)ccc21. The van der Waals surface area contributed by atoms with E-state index in [9.17, 15) is 18.0 Å². The van der Waals surface area contributed by atoms with Crippen molar-refractivity contribution in [3.05, 3.63) is 28.6 Å². The van der Waals surface area contributed by atoms with Gasteiger partial charge in [0.05, 0.1) is 16.8 Å². The van der Waals surface area contributed by atoms with Gasteiger partial charge in [-0.15, -0.1) is 0 Å². The van der Waals surface area contributed by atoms with Crippen molar-refractivity contribution < 1.29 is 22.7 Å². The van der Waals surface area contributed by atoms with Crippen molar-refractivity contribution in [1.29, 1.82) is 0 Å². The third kappa shape index (κ3) is 6.24. The lowest BCUT2D eigenvalue weighted by Crippen LogP contribution is -2.42. The third-order valence-electron chi connectivity index (χ3n) is 5.27. The number of aryl methyl sites for hydroxylation is 1. The molecule has 170 valence electrons. The standard InChI is InChI=1S/C21H29N3O5S2/c1-15-6-7-17-18(11-15)30-21(24(17)9-10-29-3)22-19(25)13-31(27,28)14-20(26)23-8-4-5-16(2)12-23/h6-7,11,16H,4-5,8-10,12-14H2,1-3H3. The van der Waals surface area contributed by atoms with Crippen LogP contribution in [0.1, 0.15) is 25.3 Å². The zero-order chi connectivity index (χ0) is 22.6. The van der Waals surface area contributed by atoms with Crippen molar-refractivity contribution in [1.82, 2.24) is 9.47 Å². The summed E-state index contributed by atoms with van der Waals surface area (Å²) in [6.45, 7) is 6.08. The number of piperidine rings is 1. The van der Waals surface area contributed by atoms with Gasteiger partial charge in [-0.25, -0.2) is 8.42 Å². The highest BCUT2D eigenvalue weighted by atomic mass is 32.2. The van der Waals surface area contributed by atoms with Gasteiger partial charge < -0.3 is 14.2 Å². The largest absolute Gasteiger partial charge is 0.383 e. The van der Waals surface area contributed by atoms with Crippen LogP contribution in [-0.4, -0.2) is 68.0 Å². The first-order valence-electron chi connectivity index (χ1n) is 10.3. The Kier molecular flexibility index (Phi) is 7.66. The summed E-state index contributed by atoms with van der Waals surface area (Å²) >= 11 is 1.33. The third-order valence-corrected chi connectivity index (χ3v) is 7.69. The highest BCUT2D eigenvalue weighted by Gasteiger charge is 2.27. The Morgan fingerprint density at radius 2 is 2.06 bits per heavy atom. The molecule has 1 aromatic heterocycles. The van der Waals surface area contributed by atoms with Crippen LogP contribution in [0.4, 0.5) is 0 Å². The van der Waals surface area contributed by atoms with Crippen molar-refractivity contribution >= 4 is 43.2 Å². The smallest absolute Gasteiger partial charge is 0.263 e. The molecule has 0 bridgehead atoms. The van der Waals surface area contributed by atoms with Crippen LogP contribution < -0.4 is 4.80 Å². The predicted octanol–water partition coefficient (Wildman–Crippen LogP) is 1.76. The topological polar surface area (TPSA) is 98.0 Å². The summed E-state index contributed by atoms with van der Waals surface area (Å²) in [7, 11) is -2.31. The molecule has 1 unspecified atom stereocenters. The number of rotatable bonds is 7. The number of fused-ring (bicyclic) bond motifs is 1. The molecule has 0 radical (unpaired) electrons. The first kappa shape index (κ1) is 23.6. The van der Waals surface area contributed by atoms with Crippen molar-refractivity contribution in [2.45, 2.75) is 33.2 Å². The predicted molar refractivity (Wildman–Crippen MR) is 121 cm³/mol. The first-order valence-corrected chi connectivity index (χ1v) is 13.0. The monoisotopic (exact) mass is 467 g/mol. The van der Waals surface area contributed by atoms with E-state index in [2.05, 4.69) is 4.99 Å². The molecule has 2 aromatic rings. The van der Waals surface area contributed by atoms with Crippen LogP contribution >= 0.6 is 11.3 Å². The number of benzene rings is 1. The van der Waals surface area contributed by atoms with E-state index in [0.29, 0.717) is 37.0 Å². The summed E-state index contributed by atoms with van der Waals surface area (Å²) < 4.78 is 32.9. The first-order chi connectivity index (χ1) is 14.7. The maximum atomic E-state index is 12.5. The summed E-state index contributed by atoms with van der Waals surface area (Å²) in [6, 6.07) is 5.93. The fraction of sp³-hybridized carbons (Fsp3) is 0.571. The number of nitrogens with zero attached hydrogens (tertiary/aromatic N) is 3. The Hall–Kier alpha value is -2.04. The minimum atomic E-state index is -3.90. The van der Waals surface area contributed by atoms with Gasteiger partial charge in [0.25, 0.3) is 5.91 Å². The van der Waals surface area contributed by atoms with Gasteiger partial charge >= 0.3 is 0 Å². The molecule has 1 saturated heterocycles. The van der Waals surface area contributed by atoms with Gasteiger partial charge in [0, 0.05) is 26.7 Å². The molecule has 1 aromatic carbocycles. The molecule has 31 heavy (non-hydrogen) atoms. The van der Waals surface area contributed by atoms with Crippen LogP contribution in [0.15, 0.2) is 23.2 Å². The van der Waals surface area contributed by atoms with E-state index < -0.39 is 33.2 Å². The molecule has 0 aliphatic carbocycles. The number of amides is 2. The van der Waals surface area contributed by atoms with Crippen LogP contribution in [0.5, 0.6) is 0 Å². The molecule has 1 aliphatic heterocycles. The Morgan fingerprint density at radius 3 is 2.77 bits per heavy atom. The van der Waals surface area contributed by atoms with E-state index >= 15 is 0 Å². The molecule has 1 fully saturated rings. The van der Waals surface area contributed by atoms with E-state index in [4.69, 9.17) is 4.74 Å². The van der Waals surface area contributed by atoms with Gasteiger partial charge in [0.2, 0.25) is 5.91 Å². The number of carbonyl (C=O) groups is 2. The van der Waals surface area contributed by atoms with Crippen LogP contribution in [-0.2, 0) is 30.7 Å². The highest BCUT2D eigenvalue weighted by molar-refractivity contribution is 7.92. The Labute approximate surface area is 186 Å². The quantitative estimate of drug-likeness (QED) is 0.618. The second-order valence-corrected chi connectivity index (χ2v) is 11.2. The van der Waals surface area contributed by atoms with Crippen molar-refractivity contribution in [2.75, 3.05) is 38.3 Å². The number of thiazole rings is 1. The molecular weight excluding hydrogens is 438 g/mol. The van der Waals surface area contributed by atoms with E-state index in [0.717, 1.165) is 28.6 Å². The summed E-state index contributed by atoms with van der Waals surface area (Å²) in [5.41, 5.74) is 2.00. The van der Waals surface area contributed by atoms with Gasteiger partial charge in [-0.1, -0.05) is 24.3 Å². The van der Waals surface area contributed by atoms with Gasteiger partial charge in [0.15, 0.2) is 14.6 Å².